The lowest BCUT2D eigenvalue weighted by molar-refractivity contribution is 0.408. The van der Waals surface area contributed by atoms with Gasteiger partial charge in [0, 0.05) is 24.9 Å². The van der Waals surface area contributed by atoms with Gasteiger partial charge in [-0.25, -0.2) is 9.50 Å². The molecule has 0 aromatic carbocycles. The molecule has 2 aromatic heterocycles. The number of nitrogens with zero attached hydrogens (tertiary/aromatic N) is 4. The van der Waals surface area contributed by atoms with Gasteiger partial charge < -0.3 is 5.32 Å². The zero-order valence-corrected chi connectivity index (χ0v) is 13.2. The van der Waals surface area contributed by atoms with Crippen LogP contribution in [0.15, 0.2) is 18.0 Å². The van der Waals surface area contributed by atoms with E-state index >= 15 is 0 Å². The van der Waals surface area contributed by atoms with Crippen molar-refractivity contribution in [2.24, 2.45) is 11.8 Å². The molecule has 2 unspecified atom stereocenters. The fraction of sp³-hybridized carbons (Fsp3) is 0.562. The lowest BCUT2D eigenvalue weighted by atomic mass is 9.91. The second-order valence-corrected chi connectivity index (χ2v) is 6.16. The molecule has 1 aliphatic rings. The van der Waals surface area contributed by atoms with Crippen molar-refractivity contribution in [3.8, 4) is 0 Å². The molecule has 112 valence electrons. The summed E-state index contributed by atoms with van der Waals surface area (Å²) < 4.78 is 1.89. The first kappa shape index (κ1) is 14.0. The van der Waals surface area contributed by atoms with E-state index in [1.54, 1.807) is 0 Å². The first-order chi connectivity index (χ1) is 10.0. The molecule has 2 aromatic rings. The van der Waals surface area contributed by atoms with Crippen LogP contribution in [0.4, 0.5) is 0 Å². The molecule has 0 fully saturated rings. The molecule has 5 nitrogen and oxygen atoms in total. The lowest BCUT2D eigenvalue weighted by Crippen LogP contribution is -2.30. The van der Waals surface area contributed by atoms with E-state index in [2.05, 4.69) is 40.3 Å². The highest BCUT2D eigenvalue weighted by atomic mass is 15.3. The van der Waals surface area contributed by atoms with Crippen LogP contribution >= 0.6 is 0 Å². The molecule has 2 atom stereocenters. The first-order valence-electron chi connectivity index (χ1n) is 7.67. The van der Waals surface area contributed by atoms with Crippen LogP contribution < -0.4 is 5.32 Å². The van der Waals surface area contributed by atoms with Crippen LogP contribution in [0.2, 0.25) is 0 Å². The SMILES string of the molecule is Cc1ncc(C)n2nc(CCC3=CC(C)C(C)CN3)nc12. The number of aromatic nitrogens is 4. The molecule has 3 heterocycles. The molecule has 0 radical (unpaired) electrons. The van der Waals surface area contributed by atoms with Gasteiger partial charge in [0.05, 0.1) is 11.4 Å². The number of nitrogens with one attached hydrogen (secondary N) is 1. The van der Waals surface area contributed by atoms with Gasteiger partial charge in [-0.15, -0.1) is 0 Å². The Morgan fingerprint density at radius 1 is 1.29 bits per heavy atom. The Morgan fingerprint density at radius 2 is 2.10 bits per heavy atom. The minimum atomic E-state index is 0.643. The number of rotatable bonds is 3. The monoisotopic (exact) mass is 285 g/mol. The summed E-state index contributed by atoms with van der Waals surface area (Å²) in [4.78, 5) is 8.97. The van der Waals surface area contributed by atoms with Crippen LogP contribution in [-0.4, -0.2) is 26.1 Å². The van der Waals surface area contributed by atoms with Gasteiger partial charge in [-0.1, -0.05) is 19.9 Å². The molecule has 5 heteroatoms. The van der Waals surface area contributed by atoms with Crippen molar-refractivity contribution >= 4 is 5.65 Å². The number of allylic oxidation sites excluding steroid dienone is 2. The molecule has 0 amide bonds. The van der Waals surface area contributed by atoms with Gasteiger partial charge in [0.25, 0.3) is 0 Å². The highest BCUT2D eigenvalue weighted by Gasteiger charge is 2.17. The largest absolute Gasteiger partial charge is 0.388 e. The maximum absolute atomic E-state index is 4.63. The molecule has 0 saturated heterocycles. The average molecular weight is 285 g/mol. The summed E-state index contributed by atoms with van der Waals surface area (Å²) in [5.74, 6) is 2.24. The number of aryl methyl sites for hydroxylation is 3. The van der Waals surface area contributed by atoms with Gasteiger partial charge in [0.2, 0.25) is 0 Å². The van der Waals surface area contributed by atoms with Gasteiger partial charge >= 0.3 is 0 Å². The van der Waals surface area contributed by atoms with Crippen molar-refractivity contribution in [2.75, 3.05) is 6.54 Å². The van der Waals surface area contributed by atoms with Gasteiger partial charge in [0.1, 0.15) is 0 Å². The standard InChI is InChI=1S/C16H23N5/c1-10-7-14(18-8-11(10)2)5-6-15-19-16-13(4)17-9-12(3)21(16)20-15/h7,9-11,18H,5-6,8H2,1-4H3. The molecule has 1 aliphatic heterocycles. The van der Waals surface area contributed by atoms with E-state index in [-0.39, 0.29) is 0 Å². The normalized spacial score (nSPS) is 22.2. The maximum atomic E-state index is 4.63. The molecule has 0 bridgehead atoms. The smallest absolute Gasteiger partial charge is 0.177 e. The summed E-state index contributed by atoms with van der Waals surface area (Å²) >= 11 is 0. The highest BCUT2D eigenvalue weighted by molar-refractivity contribution is 5.43. The first-order valence-corrected chi connectivity index (χ1v) is 7.67. The van der Waals surface area contributed by atoms with E-state index in [9.17, 15) is 0 Å². The molecule has 3 rings (SSSR count). The number of hydrogen-bond acceptors (Lipinski definition) is 4. The fourth-order valence-electron chi connectivity index (χ4n) is 2.68. The minimum absolute atomic E-state index is 0.643. The van der Waals surface area contributed by atoms with Crippen LogP contribution in [0.25, 0.3) is 5.65 Å². The van der Waals surface area contributed by atoms with Crippen molar-refractivity contribution in [1.82, 2.24) is 24.9 Å². The quantitative estimate of drug-likeness (QED) is 0.941. The van der Waals surface area contributed by atoms with Crippen LogP contribution in [0.5, 0.6) is 0 Å². The van der Waals surface area contributed by atoms with E-state index in [1.807, 2.05) is 24.6 Å². The van der Waals surface area contributed by atoms with Crippen molar-refractivity contribution < 1.29 is 0 Å². The third-order valence-corrected chi connectivity index (χ3v) is 4.38. The second kappa shape index (κ2) is 5.47. The molecule has 0 saturated carbocycles. The summed E-state index contributed by atoms with van der Waals surface area (Å²) in [6.45, 7) is 9.61. The Bertz CT molecular complexity index is 646. The van der Waals surface area contributed by atoms with Crippen LogP contribution in [-0.2, 0) is 6.42 Å². The van der Waals surface area contributed by atoms with E-state index in [0.717, 1.165) is 42.2 Å². The maximum Gasteiger partial charge on any atom is 0.177 e. The Balaban J connectivity index is 1.76. The third-order valence-electron chi connectivity index (χ3n) is 4.38. The zero-order chi connectivity index (χ0) is 15.0. The van der Waals surface area contributed by atoms with E-state index < -0.39 is 0 Å². The lowest BCUT2D eigenvalue weighted by Gasteiger charge is -2.26. The highest BCUT2D eigenvalue weighted by Crippen LogP contribution is 2.20. The Morgan fingerprint density at radius 3 is 2.81 bits per heavy atom. The molecular formula is C16H23N5. The summed E-state index contributed by atoms with van der Waals surface area (Å²) in [5, 5.41) is 8.11. The van der Waals surface area contributed by atoms with E-state index in [1.165, 1.54) is 5.70 Å². The minimum Gasteiger partial charge on any atom is -0.388 e. The van der Waals surface area contributed by atoms with Crippen molar-refractivity contribution in [3.05, 3.63) is 35.2 Å². The fourth-order valence-corrected chi connectivity index (χ4v) is 2.68. The Labute approximate surface area is 125 Å². The van der Waals surface area contributed by atoms with Gasteiger partial charge in [-0.2, -0.15) is 5.10 Å². The van der Waals surface area contributed by atoms with Crippen LogP contribution in [0.1, 0.15) is 37.5 Å². The number of fused-ring (bicyclic) bond motifs is 1. The van der Waals surface area contributed by atoms with Crippen LogP contribution in [0, 0.1) is 25.7 Å². The summed E-state index contributed by atoms with van der Waals surface area (Å²) in [6, 6.07) is 0. The summed E-state index contributed by atoms with van der Waals surface area (Å²) in [5.41, 5.74) is 4.15. The molecule has 1 N–H and O–H groups in total. The van der Waals surface area contributed by atoms with E-state index in [0.29, 0.717) is 11.8 Å². The van der Waals surface area contributed by atoms with Gasteiger partial charge in [-0.05, 0) is 32.1 Å². The third kappa shape index (κ3) is 2.77. The van der Waals surface area contributed by atoms with Crippen LogP contribution in [0.3, 0.4) is 0 Å². The van der Waals surface area contributed by atoms with Crippen molar-refractivity contribution in [3.63, 3.8) is 0 Å². The number of hydrogen-bond donors (Lipinski definition) is 1. The zero-order valence-electron chi connectivity index (χ0n) is 13.2. The predicted octanol–water partition coefficient (Wildman–Crippen LogP) is 2.43. The molecule has 21 heavy (non-hydrogen) atoms. The average Bonchev–Trinajstić information content (AvgIpc) is 2.90. The summed E-state index contributed by atoms with van der Waals surface area (Å²) in [6.07, 6.45) is 6.02. The molecular weight excluding hydrogens is 262 g/mol. The topological polar surface area (TPSA) is 55.1 Å². The Kier molecular flexibility index (Phi) is 3.66. The van der Waals surface area contributed by atoms with Crippen molar-refractivity contribution in [1.29, 1.82) is 0 Å². The van der Waals surface area contributed by atoms with E-state index in [4.69, 9.17) is 0 Å². The molecule has 0 spiro atoms. The van der Waals surface area contributed by atoms with Gasteiger partial charge in [0.15, 0.2) is 11.5 Å². The van der Waals surface area contributed by atoms with Gasteiger partial charge in [-0.3, -0.25) is 4.98 Å². The Hall–Kier alpha value is -1.91. The summed E-state index contributed by atoms with van der Waals surface area (Å²) in [7, 11) is 0. The predicted molar refractivity (Wildman–Crippen MR) is 83.0 cm³/mol. The van der Waals surface area contributed by atoms with Crippen molar-refractivity contribution in [2.45, 2.75) is 40.5 Å². The second-order valence-electron chi connectivity index (χ2n) is 6.16. The molecule has 0 aliphatic carbocycles.